The van der Waals surface area contributed by atoms with Crippen LogP contribution in [0.4, 0.5) is 0 Å². The molecule has 5 rings (SSSR count). The number of carbonyl (C=O) groups is 1. The van der Waals surface area contributed by atoms with E-state index in [0.29, 0.717) is 5.92 Å². The van der Waals surface area contributed by atoms with Gasteiger partial charge in [-0.15, -0.1) is 29.1 Å². The Labute approximate surface area is 319 Å². The second-order valence-electron chi connectivity index (χ2n) is 15.6. The maximum atomic E-state index is 12.2. The van der Waals surface area contributed by atoms with E-state index in [1.807, 2.05) is 66.1 Å². The summed E-state index contributed by atoms with van der Waals surface area (Å²) in [4.78, 5) is 21.6. The van der Waals surface area contributed by atoms with Crippen LogP contribution in [0.25, 0.3) is 44.3 Å². The van der Waals surface area contributed by atoms with Gasteiger partial charge >= 0.3 is 0 Å². The number of aliphatic hydroxyl groups excluding tert-OH is 1. The minimum atomic E-state index is -0.337. The number of hydrogen-bond donors (Lipinski definition) is 1. The predicted octanol–water partition coefficient (Wildman–Crippen LogP) is 12.7. The molecule has 6 heteroatoms. The molecule has 1 radical (unpaired) electrons. The fourth-order valence-electron chi connectivity index (χ4n) is 6.15. The first kappa shape index (κ1) is 41.8. The van der Waals surface area contributed by atoms with E-state index in [1.165, 1.54) is 17.0 Å². The van der Waals surface area contributed by atoms with Gasteiger partial charge in [-0.25, -0.2) is 0 Å². The van der Waals surface area contributed by atoms with Gasteiger partial charge in [0.15, 0.2) is 5.78 Å². The third-order valence-corrected chi connectivity index (χ3v) is 10.6. The molecule has 3 heterocycles. The molecule has 5 nitrogen and oxygen atoms in total. The molecule has 1 N–H and O–H groups in total. The van der Waals surface area contributed by atoms with E-state index < -0.39 is 0 Å². The number of hydrogen-bond acceptors (Lipinski definition) is 5. The topological polar surface area (TPSA) is 76.2 Å². The molecule has 0 amide bonds. The van der Waals surface area contributed by atoms with Crippen molar-refractivity contribution in [1.29, 1.82) is 0 Å². The standard InChI is InChI=1S/C30H29N2O.C15H28O2.Ir/c1-19(2)14-23-18-25-28(33-23)11-13-32-29(25)21-10-12-31-27(17-21)22-15-20-8-6-7-9-24(20)26(16-22)30(3,4)5;1-7-14(5,8-2)12(16)11-13(17)15(6,9-3)10-4;/h6-13,16-19H,14H2,1-5H3;11,16H,7-10H2,1-6H3;/q-1;;/b;12-11-;. The van der Waals surface area contributed by atoms with E-state index in [9.17, 15) is 9.90 Å². The molecule has 3 aromatic heterocycles. The fourth-order valence-corrected chi connectivity index (χ4v) is 6.15. The summed E-state index contributed by atoms with van der Waals surface area (Å²) in [7, 11) is 0. The Morgan fingerprint density at radius 1 is 0.843 bits per heavy atom. The molecule has 0 saturated heterocycles. The number of nitrogens with zero attached hydrogens (tertiary/aromatic N) is 2. The predicted molar refractivity (Wildman–Crippen MR) is 209 cm³/mol. The van der Waals surface area contributed by atoms with E-state index >= 15 is 0 Å². The summed E-state index contributed by atoms with van der Waals surface area (Å²) in [6.07, 6.45) is 9.35. The Balaban J connectivity index is 0.000000335. The van der Waals surface area contributed by atoms with Gasteiger partial charge in [0.25, 0.3) is 0 Å². The van der Waals surface area contributed by atoms with Gasteiger partial charge in [-0.1, -0.05) is 111 Å². The van der Waals surface area contributed by atoms with Crippen LogP contribution in [0, 0.1) is 22.8 Å². The average molecular weight is 866 g/mol. The number of rotatable bonds is 11. The van der Waals surface area contributed by atoms with Crippen molar-refractivity contribution in [2.45, 2.75) is 114 Å². The van der Waals surface area contributed by atoms with Crippen LogP contribution in [0.1, 0.15) is 113 Å². The van der Waals surface area contributed by atoms with Crippen molar-refractivity contribution in [3.8, 4) is 22.5 Å². The zero-order valence-electron chi connectivity index (χ0n) is 32.5. The molecular formula is C45H57IrN2O3-. The van der Waals surface area contributed by atoms with Gasteiger partial charge < -0.3 is 9.52 Å². The van der Waals surface area contributed by atoms with Crippen LogP contribution < -0.4 is 0 Å². The summed E-state index contributed by atoms with van der Waals surface area (Å²) in [5.74, 6) is 1.82. The molecular weight excluding hydrogens is 809 g/mol. The molecule has 0 saturated carbocycles. The molecule has 51 heavy (non-hydrogen) atoms. The normalized spacial score (nSPS) is 12.5. The maximum absolute atomic E-state index is 12.2. The molecule has 2 aromatic carbocycles. The Bertz CT molecular complexity index is 1960. The summed E-state index contributed by atoms with van der Waals surface area (Å²) in [6, 6.07) is 22.5. The third-order valence-electron chi connectivity index (χ3n) is 10.6. The Hall–Kier alpha value is -3.60. The Kier molecular flexibility index (Phi) is 14.2. The molecule has 0 aliphatic heterocycles. The van der Waals surface area contributed by atoms with Crippen molar-refractivity contribution in [3.05, 3.63) is 96.2 Å². The number of aromatic nitrogens is 2. The molecule has 0 atom stereocenters. The third kappa shape index (κ3) is 9.64. The van der Waals surface area contributed by atoms with E-state index in [2.05, 4.69) is 83.1 Å². The van der Waals surface area contributed by atoms with Crippen LogP contribution in [0.5, 0.6) is 0 Å². The summed E-state index contributed by atoms with van der Waals surface area (Å²) >= 11 is 0. The minimum Gasteiger partial charge on any atom is -0.512 e. The summed E-state index contributed by atoms with van der Waals surface area (Å²) in [6.45, 7) is 23.2. The smallest absolute Gasteiger partial charge is 0.164 e. The van der Waals surface area contributed by atoms with Gasteiger partial charge in [-0.05, 0) is 60.8 Å². The van der Waals surface area contributed by atoms with Crippen LogP contribution in [0.3, 0.4) is 0 Å². The van der Waals surface area contributed by atoms with Crippen LogP contribution in [0.2, 0.25) is 0 Å². The average Bonchev–Trinajstić information content (AvgIpc) is 3.52. The number of pyridine rings is 2. The number of furan rings is 1. The molecule has 0 aliphatic rings. The Morgan fingerprint density at radius 3 is 2.08 bits per heavy atom. The number of benzene rings is 2. The first-order valence-corrected chi connectivity index (χ1v) is 18.3. The van der Waals surface area contributed by atoms with Crippen LogP contribution in [-0.2, 0) is 36.7 Å². The molecule has 5 aromatic rings. The number of carbonyl (C=O) groups excluding carboxylic acids is 1. The maximum Gasteiger partial charge on any atom is 0.164 e. The first-order valence-electron chi connectivity index (χ1n) is 18.3. The molecule has 0 fully saturated rings. The molecule has 0 bridgehead atoms. The van der Waals surface area contributed by atoms with Crippen molar-refractivity contribution < 1.29 is 34.4 Å². The van der Waals surface area contributed by atoms with E-state index in [-0.39, 0.29) is 47.9 Å². The number of fused-ring (bicyclic) bond motifs is 2. The number of allylic oxidation sites excluding steroid dienone is 2. The first-order chi connectivity index (χ1) is 23.6. The molecule has 0 aliphatic carbocycles. The fraction of sp³-hybridized carbons (Fsp3) is 0.444. The molecule has 0 unspecified atom stereocenters. The minimum absolute atomic E-state index is 0. The second-order valence-corrected chi connectivity index (χ2v) is 15.6. The summed E-state index contributed by atoms with van der Waals surface area (Å²) < 4.78 is 6.10. The van der Waals surface area contributed by atoms with Crippen LogP contribution >= 0.6 is 0 Å². The molecule has 275 valence electrons. The van der Waals surface area contributed by atoms with Gasteiger partial charge in [0.2, 0.25) is 0 Å². The number of aliphatic hydroxyl groups is 1. The van der Waals surface area contributed by atoms with Crippen molar-refractivity contribution >= 4 is 27.5 Å². The molecule has 0 spiro atoms. The van der Waals surface area contributed by atoms with Crippen LogP contribution in [-0.4, -0.2) is 20.9 Å². The summed E-state index contributed by atoms with van der Waals surface area (Å²) in [5, 5.41) is 13.5. The van der Waals surface area contributed by atoms with Crippen molar-refractivity contribution in [3.63, 3.8) is 0 Å². The summed E-state index contributed by atoms with van der Waals surface area (Å²) in [5.41, 5.74) is 5.43. The van der Waals surface area contributed by atoms with E-state index in [0.717, 1.165) is 76.7 Å². The van der Waals surface area contributed by atoms with Crippen molar-refractivity contribution in [2.75, 3.05) is 0 Å². The quantitative estimate of drug-likeness (QED) is 0.0813. The van der Waals surface area contributed by atoms with Crippen molar-refractivity contribution in [1.82, 2.24) is 9.97 Å². The zero-order valence-corrected chi connectivity index (χ0v) is 34.9. The number of ketones is 1. The zero-order chi connectivity index (χ0) is 36.9. The second kappa shape index (κ2) is 17.3. The Morgan fingerprint density at radius 2 is 1.47 bits per heavy atom. The monoisotopic (exact) mass is 866 g/mol. The van der Waals surface area contributed by atoms with Gasteiger partial charge in [0, 0.05) is 66.9 Å². The van der Waals surface area contributed by atoms with Crippen molar-refractivity contribution in [2.24, 2.45) is 16.7 Å². The van der Waals surface area contributed by atoms with E-state index in [4.69, 9.17) is 14.4 Å². The van der Waals surface area contributed by atoms with Gasteiger partial charge in [-0.3, -0.25) is 14.8 Å². The van der Waals surface area contributed by atoms with Gasteiger partial charge in [0.1, 0.15) is 17.1 Å². The van der Waals surface area contributed by atoms with Gasteiger partial charge in [-0.2, -0.15) is 0 Å². The van der Waals surface area contributed by atoms with Gasteiger partial charge in [0.05, 0.1) is 5.69 Å². The van der Waals surface area contributed by atoms with E-state index in [1.54, 1.807) is 0 Å². The largest absolute Gasteiger partial charge is 0.512 e. The van der Waals surface area contributed by atoms with Crippen LogP contribution in [0.15, 0.2) is 83.2 Å². The SMILES string of the molecule is CC(C)Cc1cc2c(-c3ccnc(-c4[c-]c5ccccc5c(C(C)(C)C)c4)c3)nccc2o1.CCC(C)(CC)C(=O)/C=C(\O)C(C)(CC)CC.[Ir].